The highest BCUT2D eigenvalue weighted by molar-refractivity contribution is 6.08. The Bertz CT molecular complexity index is 813. The molecule has 0 unspecified atom stereocenters. The zero-order valence-corrected chi connectivity index (χ0v) is 13.7. The van der Waals surface area contributed by atoms with Crippen LogP contribution in [0.15, 0.2) is 34.9 Å². The van der Waals surface area contributed by atoms with Crippen molar-refractivity contribution >= 4 is 21.7 Å². The van der Waals surface area contributed by atoms with E-state index in [0.29, 0.717) is 0 Å². The maximum Gasteiger partial charge on any atom is 0.167 e. The van der Waals surface area contributed by atoms with Gasteiger partial charge < -0.3 is 4.52 Å². The second kappa shape index (κ2) is 4.33. The molecule has 0 saturated heterocycles. The molecule has 21 heavy (non-hydrogen) atoms. The Morgan fingerprint density at radius 2 is 1.52 bits per heavy atom. The molecule has 2 nitrogen and oxygen atoms in total. The zero-order valence-electron chi connectivity index (χ0n) is 13.7. The summed E-state index contributed by atoms with van der Waals surface area (Å²) >= 11 is 0. The smallest absolute Gasteiger partial charge is 0.167 e. The number of hydrogen-bond donors (Lipinski definition) is 0. The number of nitrogens with zero attached hydrogens (tertiary/aromatic N) is 1. The summed E-state index contributed by atoms with van der Waals surface area (Å²) < 4.78 is 5.56. The molecule has 0 atom stereocenters. The van der Waals surface area contributed by atoms with Crippen molar-refractivity contribution in [3.05, 3.63) is 41.6 Å². The van der Waals surface area contributed by atoms with Gasteiger partial charge in [-0.3, -0.25) is 0 Å². The van der Waals surface area contributed by atoms with Crippen LogP contribution in [0, 0.1) is 0 Å². The van der Waals surface area contributed by atoms with Crippen molar-refractivity contribution in [2.75, 3.05) is 0 Å². The van der Waals surface area contributed by atoms with Gasteiger partial charge in [0.25, 0.3) is 0 Å². The SMILES string of the molecule is CC(C)(C)c1cccc2c1ccc1onc(C(C)(C)C)c12. The quantitative estimate of drug-likeness (QED) is 0.538. The lowest BCUT2D eigenvalue weighted by atomic mass is 9.82. The normalized spacial score (nSPS) is 13.2. The van der Waals surface area contributed by atoms with E-state index in [4.69, 9.17) is 4.52 Å². The van der Waals surface area contributed by atoms with Gasteiger partial charge in [-0.1, -0.05) is 71.0 Å². The molecule has 0 amide bonds. The van der Waals surface area contributed by atoms with Crippen LogP contribution in [0.25, 0.3) is 21.7 Å². The number of fused-ring (bicyclic) bond motifs is 3. The number of hydrogen-bond acceptors (Lipinski definition) is 2. The van der Waals surface area contributed by atoms with Gasteiger partial charge in [0, 0.05) is 5.41 Å². The van der Waals surface area contributed by atoms with E-state index < -0.39 is 0 Å². The molecule has 3 aromatic rings. The summed E-state index contributed by atoms with van der Waals surface area (Å²) in [5.74, 6) is 0. The van der Waals surface area contributed by atoms with E-state index >= 15 is 0 Å². The largest absolute Gasteiger partial charge is 0.356 e. The minimum Gasteiger partial charge on any atom is -0.356 e. The number of benzene rings is 2. The Balaban J connectivity index is 2.47. The Labute approximate surface area is 126 Å². The lowest BCUT2D eigenvalue weighted by molar-refractivity contribution is 0.419. The summed E-state index contributed by atoms with van der Waals surface area (Å²) in [4.78, 5) is 0. The van der Waals surface area contributed by atoms with Crippen molar-refractivity contribution < 1.29 is 4.52 Å². The van der Waals surface area contributed by atoms with Crippen LogP contribution in [0.1, 0.15) is 52.8 Å². The average Bonchev–Trinajstić information content (AvgIpc) is 2.80. The fourth-order valence-corrected chi connectivity index (χ4v) is 2.96. The molecule has 0 radical (unpaired) electrons. The predicted molar refractivity (Wildman–Crippen MR) is 88.9 cm³/mol. The van der Waals surface area contributed by atoms with Crippen LogP contribution in [-0.4, -0.2) is 5.16 Å². The first-order chi connectivity index (χ1) is 9.69. The summed E-state index contributed by atoms with van der Waals surface area (Å²) in [5, 5.41) is 8.03. The Kier molecular flexibility index (Phi) is 2.91. The van der Waals surface area contributed by atoms with Crippen LogP contribution < -0.4 is 0 Å². The standard InChI is InChI=1S/C19H23NO/c1-18(2,3)14-9-7-8-13-12(14)10-11-15-16(13)17(20-21-15)19(4,5)6/h7-11H,1-6H3. The molecule has 2 aromatic carbocycles. The predicted octanol–water partition coefficient (Wildman–Crippen LogP) is 5.58. The van der Waals surface area contributed by atoms with Crippen LogP contribution in [-0.2, 0) is 10.8 Å². The first kappa shape index (κ1) is 14.1. The van der Waals surface area contributed by atoms with Crippen LogP contribution in [0.4, 0.5) is 0 Å². The van der Waals surface area contributed by atoms with Crippen LogP contribution in [0.2, 0.25) is 0 Å². The second-order valence-corrected chi connectivity index (χ2v) is 7.87. The minimum absolute atomic E-state index is 0.0305. The summed E-state index contributed by atoms with van der Waals surface area (Å²) in [6.07, 6.45) is 0. The fraction of sp³-hybridized carbons (Fsp3) is 0.421. The summed E-state index contributed by atoms with van der Waals surface area (Å²) in [6, 6.07) is 10.8. The van der Waals surface area contributed by atoms with Crippen molar-refractivity contribution in [2.45, 2.75) is 52.4 Å². The summed E-state index contributed by atoms with van der Waals surface area (Å²) in [6.45, 7) is 13.3. The molecule has 3 rings (SSSR count). The van der Waals surface area contributed by atoms with Gasteiger partial charge in [-0.2, -0.15) is 0 Å². The monoisotopic (exact) mass is 281 g/mol. The maximum absolute atomic E-state index is 5.56. The van der Waals surface area contributed by atoms with Crippen molar-refractivity contribution in [1.29, 1.82) is 0 Å². The molecule has 0 N–H and O–H groups in total. The lowest BCUT2D eigenvalue weighted by Crippen LogP contribution is -2.13. The van der Waals surface area contributed by atoms with E-state index in [-0.39, 0.29) is 10.8 Å². The van der Waals surface area contributed by atoms with E-state index in [1.165, 1.54) is 16.3 Å². The fourth-order valence-electron chi connectivity index (χ4n) is 2.96. The molecular weight excluding hydrogens is 258 g/mol. The highest BCUT2D eigenvalue weighted by atomic mass is 16.5. The topological polar surface area (TPSA) is 26.0 Å². The Morgan fingerprint density at radius 1 is 0.810 bits per heavy atom. The number of aromatic nitrogens is 1. The molecule has 0 bridgehead atoms. The molecule has 0 fully saturated rings. The third kappa shape index (κ3) is 2.23. The van der Waals surface area contributed by atoms with Gasteiger partial charge in [0.2, 0.25) is 0 Å². The first-order valence-electron chi connectivity index (χ1n) is 7.52. The Morgan fingerprint density at radius 3 is 2.14 bits per heavy atom. The molecule has 0 aliphatic rings. The third-order valence-electron chi connectivity index (χ3n) is 4.01. The third-order valence-corrected chi connectivity index (χ3v) is 4.01. The van der Waals surface area contributed by atoms with Gasteiger partial charge >= 0.3 is 0 Å². The van der Waals surface area contributed by atoms with Crippen molar-refractivity contribution in [3.8, 4) is 0 Å². The van der Waals surface area contributed by atoms with Gasteiger partial charge in [-0.25, -0.2) is 0 Å². The maximum atomic E-state index is 5.56. The van der Waals surface area contributed by atoms with E-state index in [0.717, 1.165) is 16.7 Å². The van der Waals surface area contributed by atoms with Gasteiger partial charge in [0.1, 0.15) is 0 Å². The minimum atomic E-state index is -0.0305. The molecule has 110 valence electrons. The molecule has 2 heteroatoms. The van der Waals surface area contributed by atoms with Gasteiger partial charge in [-0.15, -0.1) is 0 Å². The van der Waals surface area contributed by atoms with Crippen molar-refractivity contribution in [3.63, 3.8) is 0 Å². The molecule has 1 heterocycles. The first-order valence-corrected chi connectivity index (χ1v) is 7.52. The van der Waals surface area contributed by atoms with Crippen molar-refractivity contribution in [1.82, 2.24) is 5.16 Å². The van der Waals surface area contributed by atoms with Gasteiger partial charge in [0.15, 0.2) is 5.58 Å². The van der Waals surface area contributed by atoms with Gasteiger partial charge in [0.05, 0.1) is 11.1 Å². The number of rotatable bonds is 0. The molecule has 0 spiro atoms. The molecule has 0 saturated carbocycles. The van der Waals surface area contributed by atoms with Crippen LogP contribution >= 0.6 is 0 Å². The van der Waals surface area contributed by atoms with E-state index in [2.05, 4.69) is 77.0 Å². The molecule has 0 aliphatic heterocycles. The summed E-state index contributed by atoms with van der Waals surface area (Å²) in [5.41, 5.74) is 3.36. The van der Waals surface area contributed by atoms with Crippen molar-refractivity contribution in [2.24, 2.45) is 0 Å². The van der Waals surface area contributed by atoms with E-state index in [1.807, 2.05) is 0 Å². The van der Waals surface area contributed by atoms with Gasteiger partial charge in [-0.05, 0) is 27.8 Å². The average molecular weight is 281 g/mol. The molecular formula is C19H23NO. The summed E-state index contributed by atoms with van der Waals surface area (Å²) in [7, 11) is 0. The molecule has 0 aliphatic carbocycles. The zero-order chi connectivity index (χ0) is 15.4. The highest BCUT2D eigenvalue weighted by Crippen LogP contribution is 2.38. The lowest BCUT2D eigenvalue weighted by Gasteiger charge is -2.22. The van der Waals surface area contributed by atoms with E-state index in [9.17, 15) is 0 Å². The second-order valence-electron chi connectivity index (χ2n) is 7.87. The Hall–Kier alpha value is -1.83. The van der Waals surface area contributed by atoms with Crippen LogP contribution in [0.3, 0.4) is 0 Å². The van der Waals surface area contributed by atoms with Crippen LogP contribution in [0.5, 0.6) is 0 Å². The molecule has 1 aromatic heterocycles. The van der Waals surface area contributed by atoms with E-state index in [1.54, 1.807) is 0 Å². The highest BCUT2D eigenvalue weighted by Gasteiger charge is 2.25.